The molecule has 14 heteroatoms. The van der Waals surface area contributed by atoms with Gasteiger partial charge in [0.1, 0.15) is 24.2 Å². The first-order valence-corrected chi connectivity index (χ1v) is 16.0. The number of benzene rings is 4. The highest BCUT2D eigenvalue weighted by Gasteiger charge is 2.42. The van der Waals surface area contributed by atoms with Gasteiger partial charge in [-0.05, 0) is 59.2 Å². The van der Waals surface area contributed by atoms with Gasteiger partial charge >= 0.3 is 12.1 Å². The van der Waals surface area contributed by atoms with E-state index in [1.54, 1.807) is 24.3 Å². The van der Waals surface area contributed by atoms with Gasteiger partial charge in [-0.15, -0.1) is 0 Å². The van der Waals surface area contributed by atoms with Crippen LogP contribution in [0.5, 0.6) is 5.75 Å². The van der Waals surface area contributed by atoms with E-state index in [-0.39, 0.29) is 58.4 Å². The number of anilines is 1. The van der Waals surface area contributed by atoms with E-state index >= 15 is 0 Å². The van der Waals surface area contributed by atoms with Crippen molar-refractivity contribution >= 4 is 39.2 Å². The lowest BCUT2D eigenvalue weighted by Crippen LogP contribution is -2.48. The molecule has 1 amide bonds. The van der Waals surface area contributed by atoms with Crippen molar-refractivity contribution < 1.29 is 45.0 Å². The molecule has 0 spiro atoms. The average Bonchev–Trinajstić information content (AvgIpc) is 3.45. The van der Waals surface area contributed by atoms with Gasteiger partial charge in [0.2, 0.25) is 5.91 Å². The van der Waals surface area contributed by atoms with Crippen LogP contribution in [0.2, 0.25) is 5.02 Å². The third-order valence-corrected chi connectivity index (χ3v) is 9.67. The second-order valence-electron chi connectivity index (χ2n) is 10.5. The van der Waals surface area contributed by atoms with Gasteiger partial charge < -0.3 is 14.8 Å². The number of alkyl halides is 3. The number of sulfonamides is 1. The van der Waals surface area contributed by atoms with Crippen LogP contribution < -0.4 is 14.4 Å². The van der Waals surface area contributed by atoms with Crippen LogP contribution in [0.1, 0.15) is 16.7 Å². The zero-order valence-electron chi connectivity index (χ0n) is 24.7. The Morgan fingerprint density at radius 3 is 2.40 bits per heavy atom. The molecule has 1 heterocycles. The normalized spacial score (nSPS) is 14.4. The minimum atomic E-state index is -4.59. The molecule has 0 aliphatic carbocycles. The number of carbonyl (C=O) groups is 2. The molecule has 0 aromatic heterocycles. The highest BCUT2D eigenvalue weighted by atomic mass is 35.5. The maximum absolute atomic E-state index is 14.3. The zero-order valence-corrected chi connectivity index (χ0v) is 26.3. The highest BCUT2D eigenvalue weighted by molar-refractivity contribution is 7.93. The summed E-state index contributed by atoms with van der Waals surface area (Å²) >= 11 is 6.17. The Morgan fingerprint density at radius 2 is 1.72 bits per heavy atom. The van der Waals surface area contributed by atoms with E-state index < -0.39 is 45.5 Å². The fourth-order valence-electron chi connectivity index (χ4n) is 5.15. The van der Waals surface area contributed by atoms with Gasteiger partial charge in [-0.2, -0.15) is 13.2 Å². The van der Waals surface area contributed by atoms with E-state index in [2.05, 4.69) is 10.1 Å². The predicted molar refractivity (Wildman–Crippen MR) is 166 cm³/mol. The van der Waals surface area contributed by atoms with Gasteiger partial charge in [0, 0.05) is 23.1 Å². The Morgan fingerprint density at radius 1 is 1.00 bits per heavy atom. The first-order chi connectivity index (χ1) is 22.3. The Balaban J connectivity index is 1.30. The van der Waals surface area contributed by atoms with Crippen LogP contribution in [0.3, 0.4) is 0 Å². The second kappa shape index (κ2) is 13.6. The summed E-state index contributed by atoms with van der Waals surface area (Å²) < 4.78 is 93.2. The lowest BCUT2D eigenvalue weighted by atomic mass is 10.0. The van der Waals surface area contributed by atoms with Crippen molar-refractivity contribution in [2.75, 3.05) is 24.6 Å². The molecule has 0 radical (unpaired) electrons. The van der Waals surface area contributed by atoms with Gasteiger partial charge in [-0.25, -0.2) is 12.8 Å². The number of hydrogen-bond donors (Lipinski definition) is 1. The molecular formula is C33H27ClF4N2O6S. The fraction of sp³-hybridized carbons (Fsp3) is 0.212. The monoisotopic (exact) mass is 690 g/mol. The zero-order chi connectivity index (χ0) is 33.9. The van der Waals surface area contributed by atoms with E-state index in [1.165, 1.54) is 43.5 Å². The number of amides is 1. The molecule has 1 atom stereocenters. The maximum atomic E-state index is 14.3. The van der Waals surface area contributed by atoms with Gasteiger partial charge in [0.15, 0.2) is 0 Å². The first-order valence-electron chi connectivity index (χ1n) is 14.1. The van der Waals surface area contributed by atoms with Crippen LogP contribution in [-0.4, -0.2) is 46.6 Å². The summed E-state index contributed by atoms with van der Waals surface area (Å²) in [5.74, 6) is -1.69. The molecule has 0 saturated carbocycles. The minimum absolute atomic E-state index is 0.0302. The average molecular weight is 691 g/mol. The van der Waals surface area contributed by atoms with Crippen LogP contribution in [-0.2, 0) is 43.4 Å². The van der Waals surface area contributed by atoms with Crippen molar-refractivity contribution in [3.8, 4) is 16.9 Å². The number of para-hydroxylation sites is 1. The third kappa shape index (κ3) is 7.36. The van der Waals surface area contributed by atoms with E-state index in [4.69, 9.17) is 16.3 Å². The molecule has 1 aliphatic heterocycles. The molecule has 4 aromatic rings. The fourth-order valence-corrected chi connectivity index (χ4v) is 7.02. The number of nitrogens with zero attached hydrogens (tertiary/aromatic N) is 1. The quantitative estimate of drug-likeness (QED) is 0.121. The second-order valence-corrected chi connectivity index (χ2v) is 12.7. The van der Waals surface area contributed by atoms with Gasteiger partial charge in [-0.3, -0.25) is 13.9 Å². The standard InChI is InChI=1S/C33H27ClF4N2O6S/c1-45-31(41)17-21-6-10-24(19-28(21)35)46-15-14-39-32(42)30-16-22-4-2-3-5-29(22)40(30)47(43,44)25-11-7-20(8-12-25)26-18-23(33(36,37)38)9-13-27(26)34/h2-13,18-19,30H,14-17H2,1H3,(H,39,42)/t30-/m0/s1. The van der Waals surface area contributed by atoms with Crippen LogP contribution >= 0.6 is 11.6 Å². The summed E-state index contributed by atoms with van der Waals surface area (Å²) in [6.07, 6.45) is -4.74. The Bertz CT molecular complexity index is 1920. The molecule has 1 aliphatic rings. The van der Waals surface area contributed by atoms with Crippen LogP contribution in [0.25, 0.3) is 11.1 Å². The summed E-state index contributed by atoms with van der Waals surface area (Å²) in [5, 5.41) is 2.72. The van der Waals surface area contributed by atoms with Crippen LogP contribution in [0, 0.1) is 5.82 Å². The molecule has 5 rings (SSSR count). The van der Waals surface area contributed by atoms with E-state index in [1.807, 2.05) is 0 Å². The smallest absolute Gasteiger partial charge is 0.416 e. The summed E-state index contributed by atoms with van der Waals surface area (Å²) in [5.41, 5.74) is 0.528. The van der Waals surface area contributed by atoms with Crippen molar-refractivity contribution in [1.29, 1.82) is 0 Å². The number of ether oxygens (including phenoxy) is 2. The van der Waals surface area contributed by atoms with Crippen molar-refractivity contribution in [3.05, 3.63) is 112 Å². The van der Waals surface area contributed by atoms with Gasteiger partial charge in [0.25, 0.3) is 10.0 Å². The predicted octanol–water partition coefficient (Wildman–Crippen LogP) is 6.20. The molecule has 47 heavy (non-hydrogen) atoms. The highest BCUT2D eigenvalue weighted by Crippen LogP contribution is 2.39. The molecule has 0 fully saturated rings. The topological polar surface area (TPSA) is 102 Å². The number of nitrogens with one attached hydrogen (secondary N) is 1. The summed E-state index contributed by atoms with van der Waals surface area (Å²) in [6, 6.07) is 17.6. The van der Waals surface area contributed by atoms with Crippen LogP contribution in [0.4, 0.5) is 23.2 Å². The molecule has 1 N–H and O–H groups in total. The number of rotatable bonds is 10. The summed E-state index contributed by atoms with van der Waals surface area (Å²) in [4.78, 5) is 24.6. The maximum Gasteiger partial charge on any atom is 0.416 e. The minimum Gasteiger partial charge on any atom is -0.492 e. The number of carbonyl (C=O) groups excluding carboxylic acids is 2. The van der Waals surface area contributed by atoms with Gasteiger partial charge in [0.05, 0.1) is 36.2 Å². The number of halogens is 5. The largest absolute Gasteiger partial charge is 0.492 e. The number of fused-ring (bicyclic) bond motifs is 1. The number of esters is 1. The Labute approximate surface area is 272 Å². The number of hydrogen-bond acceptors (Lipinski definition) is 6. The molecule has 0 saturated heterocycles. The lowest BCUT2D eigenvalue weighted by molar-refractivity contribution is -0.140. The third-order valence-electron chi connectivity index (χ3n) is 7.50. The molecule has 246 valence electrons. The SMILES string of the molecule is COC(=O)Cc1ccc(OCCNC(=O)[C@@H]2Cc3ccccc3N2S(=O)(=O)c2ccc(-c3cc(C(F)(F)F)ccc3Cl)cc2)cc1F. The van der Waals surface area contributed by atoms with Crippen LogP contribution in [0.15, 0.2) is 89.8 Å². The Hall–Kier alpha value is -4.62. The van der Waals surface area contributed by atoms with E-state index in [0.29, 0.717) is 11.3 Å². The first kappa shape index (κ1) is 33.7. The van der Waals surface area contributed by atoms with Crippen molar-refractivity contribution in [2.45, 2.75) is 30.0 Å². The van der Waals surface area contributed by atoms with Gasteiger partial charge in [-0.1, -0.05) is 48.0 Å². The molecule has 0 bridgehead atoms. The van der Waals surface area contributed by atoms with Crippen molar-refractivity contribution in [3.63, 3.8) is 0 Å². The van der Waals surface area contributed by atoms with Crippen molar-refractivity contribution in [1.82, 2.24) is 5.32 Å². The summed E-state index contributed by atoms with van der Waals surface area (Å²) in [7, 11) is -3.13. The Kier molecular flexibility index (Phi) is 9.78. The molecule has 4 aromatic carbocycles. The van der Waals surface area contributed by atoms with E-state index in [0.717, 1.165) is 28.6 Å². The van der Waals surface area contributed by atoms with E-state index in [9.17, 15) is 35.6 Å². The molecule has 0 unspecified atom stereocenters. The molecule has 8 nitrogen and oxygen atoms in total. The lowest BCUT2D eigenvalue weighted by Gasteiger charge is -2.26. The summed E-state index contributed by atoms with van der Waals surface area (Å²) in [6.45, 7) is -0.0922. The number of methoxy groups -OCH3 is 1. The molecular weight excluding hydrogens is 664 g/mol. The van der Waals surface area contributed by atoms with Crippen molar-refractivity contribution in [2.24, 2.45) is 0 Å².